The fourth-order valence-electron chi connectivity index (χ4n) is 4.73. The second kappa shape index (κ2) is 10.7. The molecule has 1 atom stereocenters. The van der Waals surface area contributed by atoms with E-state index in [1.807, 2.05) is 49.4 Å². The first-order valence-corrected chi connectivity index (χ1v) is 13.8. The van der Waals surface area contributed by atoms with Crippen molar-refractivity contribution in [2.45, 2.75) is 56.9 Å². The number of para-hydroxylation sites is 1. The number of unbranched alkanes of at least 4 members (excludes halogenated alkanes) is 3. The Kier molecular flexibility index (Phi) is 7.67. The average Bonchev–Trinajstić information content (AvgIpc) is 2.88. The van der Waals surface area contributed by atoms with Gasteiger partial charge in [0, 0.05) is 19.0 Å². The molecule has 0 amide bonds. The maximum atomic E-state index is 14.3. The van der Waals surface area contributed by atoms with Gasteiger partial charge in [-0.25, -0.2) is 13.4 Å². The topological polar surface area (TPSA) is 72.3 Å². The normalized spacial score (nSPS) is 13.0. The molecule has 7 heteroatoms. The van der Waals surface area contributed by atoms with Crippen molar-refractivity contribution in [2.24, 2.45) is 7.05 Å². The van der Waals surface area contributed by atoms with Crippen LogP contribution in [-0.4, -0.2) is 28.8 Å². The third-order valence-corrected chi connectivity index (χ3v) is 8.58. The van der Waals surface area contributed by atoms with Crippen molar-refractivity contribution in [1.82, 2.24) is 13.9 Å². The Morgan fingerprint density at radius 1 is 0.886 bits per heavy atom. The van der Waals surface area contributed by atoms with Crippen molar-refractivity contribution in [1.29, 1.82) is 0 Å². The zero-order valence-corrected chi connectivity index (χ0v) is 21.5. The van der Waals surface area contributed by atoms with E-state index in [1.165, 1.54) is 4.57 Å². The van der Waals surface area contributed by atoms with E-state index in [-0.39, 0.29) is 10.5 Å². The molecule has 35 heavy (non-hydrogen) atoms. The molecule has 4 aromatic rings. The van der Waals surface area contributed by atoms with Crippen molar-refractivity contribution >= 4 is 31.7 Å². The number of fused-ring (bicyclic) bond motifs is 2. The molecule has 0 radical (unpaired) electrons. The van der Waals surface area contributed by atoms with Gasteiger partial charge in [0.05, 0.1) is 21.8 Å². The molecule has 0 fully saturated rings. The smallest absolute Gasteiger partial charge is 0.261 e. The molecule has 0 aliphatic carbocycles. The maximum absolute atomic E-state index is 14.3. The molecule has 184 valence electrons. The van der Waals surface area contributed by atoms with Crippen molar-refractivity contribution in [3.05, 3.63) is 82.9 Å². The maximum Gasteiger partial charge on any atom is 0.261 e. The lowest BCUT2D eigenvalue weighted by Crippen LogP contribution is -2.39. The van der Waals surface area contributed by atoms with E-state index in [4.69, 9.17) is 4.98 Å². The minimum atomic E-state index is -3.88. The summed E-state index contributed by atoms with van der Waals surface area (Å²) >= 11 is 0. The zero-order chi connectivity index (χ0) is 25.0. The van der Waals surface area contributed by atoms with Gasteiger partial charge in [-0.05, 0) is 36.4 Å². The fraction of sp³-hybridized carbons (Fsp3) is 0.357. The third-order valence-electron chi connectivity index (χ3n) is 6.62. The summed E-state index contributed by atoms with van der Waals surface area (Å²) in [6.07, 6.45) is 4.30. The van der Waals surface area contributed by atoms with Crippen molar-refractivity contribution in [3.63, 3.8) is 0 Å². The Bertz CT molecular complexity index is 1490. The SMILES string of the molecule is CCCCCCN(C(CC)c1nc2ccccc2c(=O)n1C)S(=O)(=O)c1cccc2ccccc12. The monoisotopic (exact) mass is 491 g/mol. The van der Waals surface area contributed by atoms with Gasteiger partial charge in [-0.15, -0.1) is 0 Å². The van der Waals surface area contributed by atoms with Crippen molar-refractivity contribution < 1.29 is 8.42 Å². The molecular formula is C28H33N3O3S. The van der Waals surface area contributed by atoms with E-state index in [1.54, 1.807) is 35.6 Å². The second-order valence-corrected chi connectivity index (χ2v) is 10.8. The molecule has 0 N–H and O–H groups in total. The summed E-state index contributed by atoms with van der Waals surface area (Å²) in [5, 5.41) is 2.10. The van der Waals surface area contributed by atoms with Gasteiger partial charge in [-0.3, -0.25) is 9.36 Å². The number of benzene rings is 3. The molecule has 3 aromatic carbocycles. The first-order valence-electron chi connectivity index (χ1n) is 12.4. The van der Waals surface area contributed by atoms with Crippen LogP contribution in [0.25, 0.3) is 21.7 Å². The largest absolute Gasteiger partial charge is 0.298 e. The number of hydrogen-bond acceptors (Lipinski definition) is 4. The molecule has 0 spiro atoms. The van der Waals surface area contributed by atoms with E-state index >= 15 is 0 Å². The van der Waals surface area contributed by atoms with Crippen LogP contribution in [0.2, 0.25) is 0 Å². The summed E-state index contributed by atoms with van der Waals surface area (Å²) < 4.78 is 31.6. The van der Waals surface area contributed by atoms with Gasteiger partial charge >= 0.3 is 0 Å². The summed E-state index contributed by atoms with van der Waals surface area (Å²) in [5.41, 5.74) is 0.412. The number of rotatable bonds is 10. The molecule has 0 aliphatic rings. The molecule has 0 saturated carbocycles. The van der Waals surface area contributed by atoms with Crippen LogP contribution in [0.4, 0.5) is 0 Å². The number of hydrogen-bond donors (Lipinski definition) is 0. The highest BCUT2D eigenvalue weighted by Gasteiger charge is 2.34. The zero-order valence-electron chi connectivity index (χ0n) is 20.6. The number of sulfonamides is 1. The van der Waals surface area contributed by atoms with Crippen molar-refractivity contribution in [3.8, 4) is 0 Å². The quantitative estimate of drug-likeness (QED) is 0.263. The van der Waals surface area contributed by atoms with Crippen LogP contribution in [0, 0.1) is 0 Å². The van der Waals surface area contributed by atoms with Crippen LogP contribution < -0.4 is 5.56 Å². The predicted octanol–water partition coefficient (Wildman–Crippen LogP) is 5.81. The van der Waals surface area contributed by atoms with Crippen LogP contribution in [0.1, 0.15) is 57.8 Å². The molecule has 0 saturated heterocycles. The molecule has 1 heterocycles. The van der Waals surface area contributed by atoms with Gasteiger partial charge in [-0.1, -0.05) is 81.6 Å². The molecule has 0 aliphatic heterocycles. The third kappa shape index (κ3) is 4.88. The number of aromatic nitrogens is 2. The Hall–Kier alpha value is -3.03. The fourth-order valence-corrected chi connectivity index (χ4v) is 6.65. The van der Waals surface area contributed by atoms with Crippen LogP contribution in [0.15, 0.2) is 76.4 Å². The second-order valence-electron chi connectivity index (χ2n) is 8.93. The minimum absolute atomic E-state index is 0.169. The van der Waals surface area contributed by atoms with E-state index in [9.17, 15) is 13.2 Å². The van der Waals surface area contributed by atoms with Gasteiger partial charge in [-0.2, -0.15) is 4.31 Å². The van der Waals surface area contributed by atoms with E-state index in [0.717, 1.165) is 31.1 Å². The van der Waals surface area contributed by atoms with Crippen LogP contribution in [-0.2, 0) is 17.1 Å². The molecule has 1 aromatic heterocycles. The Morgan fingerprint density at radius 2 is 1.57 bits per heavy atom. The highest BCUT2D eigenvalue weighted by molar-refractivity contribution is 7.89. The standard InChI is InChI=1S/C28H33N3O3S/c1-4-6-7-12-20-31(35(33,34)26-19-13-15-21-14-8-9-16-22(21)26)25(5-2)27-29-24-18-11-10-17-23(24)28(32)30(27)3/h8-11,13-19,25H,4-7,12,20H2,1-3H3. The van der Waals surface area contributed by atoms with Gasteiger partial charge in [0.1, 0.15) is 5.82 Å². The molecular weight excluding hydrogens is 458 g/mol. The van der Waals surface area contributed by atoms with Crippen LogP contribution in [0.3, 0.4) is 0 Å². The summed E-state index contributed by atoms with van der Waals surface area (Å²) in [5.74, 6) is 0.468. The van der Waals surface area contributed by atoms with Crippen LogP contribution in [0.5, 0.6) is 0 Å². The highest BCUT2D eigenvalue weighted by atomic mass is 32.2. The van der Waals surface area contributed by atoms with Crippen LogP contribution >= 0.6 is 0 Å². The Balaban J connectivity index is 1.88. The molecule has 1 unspecified atom stereocenters. The first-order chi connectivity index (χ1) is 16.9. The molecule has 4 rings (SSSR count). The van der Waals surface area contributed by atoms with Gasteiger partial charge in [0.15, 0.2) is 0 Å². The lowest BCUT2D eigenvalue weighted by Gasteiger charge is -2.31. The minimum Gasteiger partial charge on any atom is -0.298 e. The predicted molar refractivity (Wildman–Crippen MR) is 142 cm³/mol. The Morgan fingerprint density at radius 3 is 2.31 bits per heavy atom. The van der Waals surface area contributed by atoms with Gasteiger partial charge in [0.2, 0.25) is 10.0 Å². The van der Waals surface area contributed by atoms with E-state index in [2.05, 4.69) is 6.92 Å². The van der Waals surface area contributed by atoms with Crippen molar-refractivity contribution in [2.75, 3.05) is 6.54 Å². The van der Waals surface area contributed by atoms with E-state index in [0.29, 0.717) is 35.1 Å². The van der Waals surface area contributed by atoms with Gasteiger partial charge < -0.3 is 0 Å². The lowest BCUT2D eigenvalue weighted by atomic mass is 10.1. The number of nitrogens with zero attached hydrogens (tertiary/aromatic N) is 3. The van der Waals surface area contributed by atoms with Gasteiger partial charge in [0.25, 0.3) is 5.56 Å². The molecule has 6 nitrogen and oxygen atoms in total. The summed E-state index contributed by atoms with van der Waals surface area (Å²) in [6, 6.07) is 19.6. The Labute approximate surface area is 207 Å². The summed E-state index contributed by atoms with van der Waals surface area (Å²) in [4.78, 5) is 18.2. The summed E-state index contributed by atoms with van der Waals surface area (Å²) in [7, 11) is -2.20. The van der Waals surface area contributed by atoms with E-state index < -0.39 is 16.1 Å². The first kappa shape index (κ1) is 25.1. The highest BCUT2D eigenvalue weighted by Crippen LogP contribution is 2.33. The lowest BCUT2D eigenvalue weighted by molar-refractivity contribution is 0.292. The summed E-state index contributed by atoms with van der Waals surface area (Å²) in [6.45, 7) is 4.45. The average molecular weight is 492 g/mol. The molecule has 0 bridgehead atoms.